The molecule has 0 aromatic carbocycles. The van der Waals surface area contributed by atoms with Crippen molar-refractivity contribution in [1.82, 2.24) is 20.4 Å². The van der Waals surface area contributed by atoms with Crippen LogP contribution in [0.5, 0.6) is 0 Å². The highest BCUT2D eigenvalue weighted by Gasteiger charge is 2.23. The lowest BCUT2D eigenvalue weighted by atomic mass is 10.2. The zero-order valence-electron chi connectivity index (χ0n) is 16.9. The first-order valence-corrected chi connectivity index (χ1v) is 10.7. The number of thiophene rings is 1. The predicted octanol–water partition coefficient (Wildman–Crippen LogP) is 1.25. The molecule has 1 aliphatic heterocycles. The number of rotatable bonds is 11. The standard InChI is InChI=1S/C19H35N5O2S/c1-4-20-19(21-7-8-23(2)9-12-25-3)22-16-17(18-6-5-15-27-18)24-10-13-26-14-11-24/h5-6,15,17H,4,7-14,16H2,1-3H3,(H2,20,21,22). The first kappa shape index (κ1) is 22.1. The topological polar surface area (TPSA) is 61.4 Å². The van der Waals surface area contributed by atoms with Crippen molar-refractivity contribution in [3.63, 3.8) is 0 Å². The zero-order valence-corrected chi connectivity index (χ0v) is 17.8. The van der Waals surface area contributed by atoms with Gasteiger partial charge in [0.25, 0.3) is 0 Å². The summed E-state index contributed by atoms with van der Waals surface area (Å²) in [7, 11) is 3.84. The van der Waals surface area contributed by atoms with Gasteiger partial charge in [0.2, 0.25) is 0 Å². The van der Waals surface area contributed by atoms with Crippen LogP contribution in [0.25, 0.3) is 0 Å². The van der Waals surface area contributed by atoms with Crippen molar-refractivity contribution in [3.05, 3.63) is 22.4 Å². The fraction of sp³-hybridized carbons (Fsp3) is 0.737. The summed E-state index contributed by atoms with van der Waals surface area (Å²) < 4.78 is 10.6. The number of hydrogen-bond acceptors (Lipinski definition) is 6. The van der Waals surface area contributed by atoms with Gasteiger partial charge in [-0.15, -0.1) is 11.3 Å². The highest BCUT2D eigenvalue weighted by molar-refractivity contribution is 7.10. The lowest BCUT2D eigenvalue weighted by Crippen LogP contribution is -2.43. The van der Waals surface area contributed by atoms with Crippen molar-refractivity contribution in [1.29, 1.82) is 0 Å². The average Bonchev–Trinajstić information content (AvgIpc) is 3.22. The average molecular weight is 398 g/mol. The second-order valence-corrected chi connectivity index (χ2v) is 7.60. The van der Waals surface area contributed by atoms with Crippen molar-refractivity contribution in [2.24, 2.45) is 4.99 Å². The Labute approximate surface area is 167 Å². The van der Waals surface area contributed by atoms with Crippen molar-refractivity contribution in [3.8, 4) is 0 Å². The number of methoxy groups -OCH3 is 1. The quantitative estimate of drug-likeness (QED) is 0.433. The van der Waals surface area contributed by atoms with E-state index in [4.69, 9.17) is 14.5 Å². The smallest absolute Gasteiger partial charge is 0.191 e. The molecule has 1 aliphatic rings. The summed E-state index contributed by atoms with van der Waals surface area (Å²) in [6.45, 7) is 10.7. The summed E-state index contributed by atoms with van der Waals surface area (Å²) in [5.41, 5.74) is 0. The van der Waals surface area contributed by atoms with Crippen LogP contribution in [0.15, 0.2) is 22.5 Å². The third-order valence-corrected chi connectivity index (χ3v) is 5.56. The third kappa shape index (κ3) is 8.15. The van der Waals surface area contributed by atoms with Crippen LogP contribution in [-0.4, -0.2) is 95.6 Å². The first-order valence-electron chi connectivity index (χ1n) is 9.79. The molecule has 8 heteroatoms. The van der Waals surface area contributed by atoms with Crippen molar-refractivity contribution < 1.29 is 9.47 Å². The number of nitrogens with zero attached hydrogens (tertiary/aromatic N) is 3. The molecule has 1 fully saturated rings. The number of guanidine groups is 1. The second kappa shape index (κ2) is 13.1. The van der Waals surface area contributed by atoms with Crippen LogP contribution < -0.4 is 10.6 Å². The fourth-order valence-electron chi connectivity index (χ4n) is 3.00. The molecule has 1 unspecified atom stereocenters. The summed E-state index contributed by atoms with van der Waals surface area (Å²) >= 11 is 1.81. The molecule has 0 bridgehead atoms. The summed E-state index contributed by atoms with van der Waals surface area (Å²) in [6, 6.07) is 4.65. The molecular weight excluding hydrogens is 362 g/mol. The Morgan fingerprint density at radius 2 is 2.19 bits per heavy atom. The molecule has 0 aliphatic carbocycles. The van der Waals surface area contributed by atoms with Crippen LogP contribution >= 0.6 is 11.3 Å². The monoisotopic (exact) mass is 397 g/mol. The number of aliphatic imine (C=N–C) groups is 1. The minimum Gasteiger partial charge on any atom is -0.383 e. The van der Waals surface area contributed by atoms with Crippen LogP contribution in [-0.2, 0) is 9.47 Å². The molecule has 0 amide bonds. The molecule has 2 heterocycles. The van der Waals surface area contributed by atoms with Gasteiger partial charge in [-0.2, -0.15) is 0 Å². The van der Waals surface area contributed by atoms with E-state index in [9.17, 15) is 0 Å². The van der Waals surface area contributed by atoms with E-state index in [-0.39, 0.29) is 0 Å². The number of likely N-dealkylation sites (N-methyl/N-ethyl adjacent to an activating group) is 1. The molecule has 1 aromatic rings. The maximum Gasteiger partial charge on any atom is 0.191 e. The Morgan fingerprint density at radius 3 is 2.85 bits per heavy atom. The van der Waals surface area contributed by atoms with E-state index >= 15 is 0 Å². The number of nitrogens with one attached hydrogen (secondary N) is 2. The first-order chi connectivity index (χ1) is 13.2. The Hall–Kier alpha value is -1.19. The Kier molecular flexibility index (Phi) is 10.7. The Morgan fingerprint density at radius 1 is 1.37 bits per heavy atom. The fourth-order valence-corrected chi connectivity index (χ4v) is 3.85. The molecule has 0 spiro atoms. The van der Waals surface area contributed by atoms with Crippen LogP contribution in [0.4, 0.5) is 0 Å². The third-order valence-electron chi connectivity index (χ3n) is 4.59. The van der Waals surface area contributed by atoms with Gasteiger partial charge in [-0.05, 0) is 25.4 Å². The minimum atomic E-state index is 0.314. The Balaban J connectivity index is 1.91. The van der Waals surface area contributed by atoms with Crippen molar-refractivity contribution in [2.75, 3.05) is 79.8 Å². The summed E-state index contributed by atoms with van der Waals surface area (Å²) in [5.74, 6) is 0.882. The number of hydrogen-bond donors (Lipinski definition) is 2. The molecule has 1 saturated heterocycles. The maximum absolute atomic E-state index is 5.52. The van der Waals surface area contributed by atoms with Gasteiger partial charge in [0.1, 0.15) is 0 Å². The Bertz CT molecular complexity index is 520. The predicted molar refractivity (Wildman–Crippen MR) is 113 cm³/mol. The summed E-state index contributed by atoms with van der Waals surface area (Å²) in [5, 5.41) is 8.95. The van der Waals surface area contributed by atoms with Gasteiger partial charge in [0.15, 0.2) is 5.96 Å². The van der Waals surface area contributed by atoms with E-state index in [1.165, 1.54) is 4.88 Å². The van der Waals surface area contributed by atoms with Crippen LogP contribution in [0.1, 0.15) is 17.8 Å². The molecule has 27 heavy (non-hydrogen) atoms. The molecule has 1 atom stereocenters. The summed E-state index contributed by atoms with van der Waals surface area (Å²) in [4.78, 5) is 11.0. The van der Waals surface area contributed by atoms with Gasteiger partial charge in [-0.3, -0.25) is 9.89 Å². The molecular formula is C19H35N5O2S. The second-order valence-electron chi connectivity index (χ2n) is 6.62. The summed E-state index contributed by atoms with van der Waals surface area (Å²) in [6.07, 6.45) is 0. The molecule has 2 N–H and O–H groups in total. The van der Waals surface area contributed by atoms with E-state index < -0.39 is 0 Å². The molecule has 7 nitrogen and oxygen atoms in total. The zero-order chi connectivity index (χ0) is 19.3. The van der Waals surface area contributed by atoms with E-state index in [0.29, 0.717) is 6.04 Å². The van der Waals surface area contributed by atoms with E-state index in [1.807, 2.05) is 11.3 Å². The largest absolute Gasteiger partial charge is 0.383 e. The molecule has 0 radical (unpaired) electrons. The molecule has 154 valence electrons. The lowest BCUT2D eigenvalue weighted by Gasteiger charge is -2.33. The van der Waals surface area contributed by atoms with Gasteiger partial charge in [-0.25, -0.2) is 0 Å². The van der Waals surface area contributed by atoms with Crippen LogP contribution in [0, 0.1) is 0 Å². The lowest BCUT2D eigenvalue weighted by molar-refractivity contribution is 0.0186. The number of morpholine rings is 1. The van der Waals surface area contributed by atoms with E-state index in [2.05, 4.69) is 51.9 Å². The van der Waals surface area contributed by atoms with Crippen molar-refractivity contribution >= 4 is 17.3 Å². The highest BCUT2D eigenvalue weighted by atomic mass is 32.1. The number of ether oxygens (including phenoxy) is 2. The van der Waals surface area contributed by atoms with E-state index in [1.54, 1.807) is 7.11 Å². The highest BCUT2D eigenvalue weighted by Crippen LogP contribution is 2.26. The van der Waals surface area contributed by atoms with Gasteiger partial charge in [0.05, 0.1) is 32.4 Å². The molecule has 2 rings (SSSR count). The van der Waals surface area contributed by atoms with Crippen LogP contribution in [0.2, 0.25) is 0 Å². The SMILES string of the molecule is CCNC(=NCC(c1cccs1)N1CCOCC1)NCCN(C)CCOC. The van der Waals surface area contributed by atoms with Gasteiger partial charge in [0, 0.05) is 51.3 Å². The molecule has 0 saturated carbocycles. The van der Waals surface area contributed by atoms with E-state index in [0.717, 1.165) is 71.6 Å². The van der Waals surface area contributed by atoms with Crippen molar-refractivity contribution in [2.45, 2.75) is 13.0 Å². The molecule has 1 aromatic heterocycles. The van der Waals surface area contributed by atoms with Crippen LogP contribution in [0.3, 0.4) is 0 Å². The van der Waals surface area contributed by atoms with Gasteiger partial charge >= 0.3 is 0 Å². The van der Waals surface area contributed by atoms with Gasteiger partial charge < -0.3 is 25.0 Å². The minimum absolute atomic E-state index is 0.314. The normalized spacial score (nSPS) is 17.3. The van der Waals surface area contributed by atoms with Gasteiger partial charge in [-0.1, -0.05) is 6.07 Å². The maximum atomic E-state index is 5.52.